The minimum Gasteiger partial charge on any atom is -0.247 e. The standard InChI is InChI=1S/C11H33N8P3S5/c1-15-10-11-27-22(15)13-20(16(2)23-6,17(3)24-7)12-21(14-22,18(4)25-8)19(5)26-9/h12-13H,10-11H2,1-9H3/q+2. The van der Waals surface area contributed by atoms with E-state index in [0.29, 0.717) is 0 Å². The molecular weight excluding hydrogens is 497 g/mol. The monoisotopic (exact) mass is 530 g/mol. The van der Waals surface area contributed by atoms with Gasteiger partial charge < -0.3 is 0 Å². The van der Waals surface area contributed by atoms with Gasteiger partial charge in [0.15, 0.2) is 0 Å². The van der Waals surface area contributed by atoms with Crippen molar-refractivity contribution in [3.05, 3.63) is 0 Å². The fraction of sp³-hybridized carbons (Fsp3) is 1.00. The topological polar surface area (TPSA) is 52.6 Å². The van der Waals surface area contributed by atoms with Crippen LogP contribution in [0.25, 0.3) is 0 Å². The van der Waals surface area contributed by atoms with Crippen molar-refractivity contribution in [3.8, 4) is 0 Å². The third kappa shape index (κ3) is 4.69. The second-order valence-electron chi connectivity index (χ2n) is 5.80. The Kier molecular flexibility index (Phi) is 9.99. The molecule has 1 spiro atoms. The molecule has 8 nitrogen and oxygen atoms in total. The number of nitrogens with zero attached hydrogens (tertiary/aromatic N) is 6. The lowest BCUT2D eigenvalue weighted by atomic mass is 10.8. The van der Waals surface area contributed by atoms with E-state index in [1.807, 2.05) is 11.4 Å². The molecular formula is C11H33N8P3S5+2. The molecule has 2 rings (SSSR count). The van der Waals surface area contributed by atoms with E-state index < -0.39 is 22.3 Å². The van der Waals surface area contributed by atoms with Crippen LogP contribution in [0.4, 0.5) is 0 Å². The molecule has 1 saturated heterocycles. The third-order valence-electron chi connectivity index (χ3n) is 4.60. The fourth-order valence-corrected chi connectivity index (χ4v) is 28.7. The maximum atomic E-state index is 5.65. The number of rotatable bonds is 8. The van der Waals surface area contributed by atoms with Gasteiger partial charge in [-0.05, 0) is 84.4 Å². The van der Waals surface area contributed by atoms with Crippen molar-refractivity contribution in [2.24, 2.45) is 4.52 Å². The van der Waals surface area contributed by atoms with Crippen LogP contribution in [-0.2, 0) is 0 Å². The Morgan fingerprint density at radius 2 is 1.41 bits per heavy atom. The van der Waals surface area contributed by atoms with Crippen LogP contribution in [0.3, 0.4) is 0 Å². The molecule has 1 fully saturated rings. The average molecular weight is 531 g/mol. The second kappa shape index (κ2) is 10.5. The molecule has 160 valence electrons. The van der Waals surface area contributed by atoms with Crippen molar-refractivity contribution in [1.29, 1.82) is 0 Å². The first kappa shape index (κ1) is 25.8. The van der Waals surface area contributed by atoms with Crippen LogP contribution in [0.5, 0.6) is 0 Å². The van der Waals surface area contributed by atoms with Gasteiger partial charge in [0.2, 0.25) is 6.56 Å². The number of nitrogens with one attached hydrogen (secondary N) is 2. The van der Waals surface area contributed by atoms with Crippen molar-refractivity contribution in [2.45, 2.75) is 0 Å². The maximum Gasteiger partial charge on any atom is 0.411 e. The lowest BCUT2D eigenvalue weighted by Crippen LogP contribution is -2.48. The Morgan fingerprint density at radius 1 is 0.926 bits per heavy atom. The van der Waals surface area contributed by atoms with E-state index in [1.54, 1.807) is 47.8 Å². The Hall–Kier alpha value is 2.56. The molecule has 0 bridgehead atoms. The van der Waals surface area contributed by atoms with Crippen molar-refractivity contribution in [1.82, 2.24) is 30.7 Å². The first-order valence-corrected chi connectivity index (χ1v) is 19.5. The molecule has 16 heteroatoms. The first-order chi connectivity index (χ1) is 12.7. The van der Waals surface area contributed by atoms with Crippen LogP contribution in [0.15, 0.2) is 4.52 Å². The van der Waals surface area contributed by atoms with E-state index in [9.17, 15) is 0 Å². The van der Waals surface area contributed by atoms with Crippen LogP contribution in [0, 0.1) is 0 Å². The molecule has 2 aliphatic rings. The Labute approximate surface area is 188 Å². The quantitative estimate of drug-likeness (QED) is 0.328. The van der Waals surface area contributed by atoms with Crippen molar-refractivity contribution in [3.63, 3.8) is 0 Å². The summed E-state index contributed by atoms with van der Waals surface area (Å²) < 4.78 is 17.6. The summed E-state index contributed by atoms with van der Waals surface area (Å²) >= 11 is 9.09. The van der Waals surface area contributed by atoms with Crippen LogP contribution in [0.1, 0.15) is 0 Å². The third-order valence-corrected chi connectivity index (χ3v) is 26.7. The van der Waals surface area contributed by atoms with Crippen LogP contribution < -0.4 is 9.72 Å². The highest BCUT2D eigenvalue weighted by Gasteiger charge is 2.72. The number of hydrogen-bond acceptors (Lipinski definition) is 13. The van der Waals surface area contributed by atoms with Gasteiger partial charge in [0.25, 0.3) is 0 Å². The summed E-state index contributed by atoms with van der Waals surface area (Å²) in [6.45, 7) is -0.826. The molecule has 2 heterocycles. The lowest BCUT2D eigenvalue weighted by Gasteiger charge is -2.46. The second-order valence-corrected chi connectivity index (χ2v) is 22.3. The smallest absolute Gasteiger partial charge is 0.247 e. The molecule has 0 saturated carbocycles. The van der Waals surface area contributed by atoms with E-state index in [2.05, 4.69) is 91.0 Å². The Bertz CT molecular complexity index is 554. The molecule has 0 aromatic carbocycles. The predicted molar refractivity (Wildman–Crippen MR) is 140 cm³/mol. The largest absolute Gasteiger partial charge is 0.411 e. The SMILES string of the molecule is CSN(C)[P+]1(N(C)SC)N=P2(N[P+](N(C)SC)(N(C)SC)N1)SCCN2C. The fourth-order valence-electron chi connectivity index (χ4n) is 2.64. The first-order valence-electron chi connectivity index (χ1n) is 8.18. The lowest BCUT2D eigenvalue weighted by molar-refractivity contribution is 0.590. The van der Waals surface area contributed by atoms with Gasteiger partial charge in [0, 0.05) is 45.3 Å². The van der Waals surface area contributed by atoms with Gasteiger partial charge in [-0.2, -0.15) is 0 Å². The van der Waals surface area contributed by atoms with E-state index in [1.165, 1.54) is 0 Å². The molecule has 0 aromatic rings. The Balaban J connectivity index is 2.77. The summed E-state index contributed by atoms with van der Waals surface area (Å²) in [5.41, 5.74) is 0. The number of hydrogen-bond donors (Lipinski definition) is 2. The zero-order valence-electron chi connectivity index (χ0n) is 17.5. The van der Waals surface area contributed by atoms with Gasteiger partial charge in [-0.3, -0.25) is 0 Å². The highest BCUT2D eigenvalue weighted by atomic mass is 32.7. The zero-order chi connectivity index (χ0) is 20.5. The Morgan fingerprint density at radius 3 is 1.78 bits per heavy atom. The summed E-state index contributed by atoms with van der Waals surface area (Å²) in [6, 6.07) is 0. The normalized spacial score (nSPS) is 28.0. The highest BCUT2D eigenvalue weighted by Crippen LogP contribution is 2.88. The minimum absolute atomic E-state index is 1.08. The molecule has 0 aromatic heterocycles. The summed E-state index contributed by atoms with van der Waals surface area (Å²) in [6.07, 6.45) is 8.58. The van der Waals surface area contributed by atoms with Gasteiger partial charge in [-0.15, -0.1) is 0 Å². The van der Waals surface area contributed by atoms with Crippen molar-refractivity contribution in [2.75, 3.05) is 72.6 Å². The molecule has 2 N–H and O–H groups in total. The van der Waals surface area contributed by atoms with E-state index in [-0.39, 0.29) is 0 Å². The highest BCUT2D eigenvalue weighted by molar-refractivity contribution is 8.59. The van der Waals surface area contributed by atoms with Crippen LogP contribution >= 0.6 is 81.5 Å². The van der Waals surface area contributed by atoms with Gasteiger partial charge >= 0.3 is 15.7 Å². The van der Waals surface area contributed by atoms with Gasteiger partial charge in [0.05, 0.1) is 0 Å². The summed E-state index contributed by atoms with van der Waals surface area (Å²) in [5, 5.41) is 0. The van der Waals surface area contributed by atoms with E-state index >= 15 is 0 Å². The van der Waals surface area contributed by atoms with Gasteiger partial charge in [0.1, 0.15) is 0 Å². The molecule has 0 amide bonds. The molecule has 27 heavy (non-hydrogen) atoms. The minimum atomic E-state index is -2.15. The molecule has 1 atom stereocenters. The van der Waals surface area contributed by atoms with E-state index in [4.69, 9.17) is 4.52 Å². The molecule has 1 unspecified atom stereocenters. The molecule has 0 aliphatic carbocycles. The van der Waals surface area contributed by atoms with Gasteiger partial charge in [-0.25, -0.2) is 4.67 Å². The zero-order valence-corrected chi connectivity index (χ0v) is 24.2. The summed E-state index contributed by atoms with van der Waals surface area (Å²) in [5.74, 6) is 1.12. The van der Waals surface area contributed by atoms with Crippen LogP contribution in [-0.4, -0.2) is 93.5 Å². The van der Waals surface area contributed by atoms with Crippen molar-refractivity contribution >= 4 is 81.5 Å². The summed E-state index contributed by atoms with van der Waals surface area (Å²) in [7, 11) is 6.77. The van der Waals surface area contributed by atoms with Crippen molar-refractivity contribution < 1.29 is 0 Å². The predicted octanol–water partition coefficient (Wildman–Crippen LogP) is 5.00. The van der Waals surface area contributed by atoms with Gasteiger partial charge in [-0.1, -0.05) is 32.5 Å². The maximum absolute atomic E-state index is 5.65. The van der Waals surface area contributed by atoms with E-state index in [0.717, 1.165) is 12.3 Å². The van der Waals surface area contributed by atoms with Crippen LogP contribution in [0.2, 0.25) is 0 Å². The molecule has 2 aliphatic heterocycles. The average Bonchev–Trinajstić information content (AvgIpc) is 3.03. The summed E-state index contributed by atoms with van der Waals surface area (Å²) in [4.78, 5) is 8.21. The molecule has 0 radical (unpaired) electrons.